The molecule has 0 unspecified atom stereocenters. The van der Waals surface area contributed by atoms with Crippen LogP contribution in [0.4, 0.5) is 0 Å². The molecule has 60 valence electrons. The average molecular weight is 145 g/mol. The number of hydrogen-bond donors (Lipinski definition) is 1. The summed E-state index contributed by atoms with van der Waals surface area (Å²) in [6, 6.07) is 0. The number of hydrogen-bond acceptors (Lipinski definition) is 3. The van der Waals surface area contributed by atoms with Crippen LogP contribution < -0.4 is 0 Å². The summed E-state index contributed by atoms with van der Waals surface area (Å²) in [4.78, 5) is 2.22. The van der Waals surface area contributed by atoms with Gasteiger partial charge in [0.1, 0.15) is 0 Å². The molecule has 3 nitrogen and oxygen atoms in total. The molecule has 1 fully saturated rings. The normalized spacial score (nSPS) is 24.6. The van der Waals surface area contributed by atoms with Gasteiger partial charge in [-0.1, -0.05) is 0 Å². The lowest BCUT2D eigenvalue weighted by molar-refractivity contribution is 0.0181. The molecular formula is C7H15NO2. The summed E-state index contributed by atoms with van der Waals surface area (Å²) in [5.41, 5.74) is 0. The molecule has 0 amide bonds. The molecule has 1 atom stereocenters. The van der Waals surface area contributed by atoms with E-state index in [1.54, 1.807) is 0 Å². The number of aliphatic hydroxyl groups excluding tert-OH is 1. The Morgan fingerprint density at radius 2 is 2.10 bits per heavy atom. The van der Waals surface area contributed by atoms with E-state index in [-0.39, 0.29) is 6.10 Å². The lowest BCUT2D eigenvalue weighted by atomic mass is 10.3. The number of ether oxygens (including phenoxy) is 1. The van der Waals surface area contributed by atoms with Gasteiger partial charge in [-0.25, -0.2) is 0 Å². The van der Waals surface area contributed by atoms with E-state index < -0.39 is 0 Å². The molecule has 0 spiro atoms. The summed E-state index contributed by atoms with van der Waals surface area (Å²) >= 11 is 0. The van der Waals surface area contributed by atoms with E-state index in [2.05, 4.69) is 4.90 Å². The Morgan fingerprint density at radius 1 is 1.50 bits per heavy atom. The largest absolute Gasteiger partial charge is 0.392 e. The van der Waals surface area contributed by atoms with Crippen LogP contribution in [-0.4, -0.2) is 49.0 Å². The zero-order valence-corrected chi connectivity index (χ0v) is 6.42. The van der Waals surface area contributed by atoms with E-state index in [9.17, 15) is 0 Å². The van der Waals surface area contributed by atoms with Crippen molar-refractivity contribution in [2.24, 2.45) is 0 Å². The second-order valence-corrected chi connectivity index (χ2v) is 2.76. The van der Waals surface area contributed by atoms with Crippen LogP contribution in [-0.2, 0) is 4.74 Å². The van der Waals surface area contributed by atoms with Crippen molar-refractivity contribution >= 4 is 0 Å². The topological polar surface area (TPSA) is 32.7 Å². The third-order valence-corrected chi connectivity index (χ3v) is 1.63. The van der Waals surface area contributed by atoms with Crippen molar-refractivity contribution in [3.05, 3.63) is 0 Å². The van der Waals surface area contributed by atoms with Crippen LogP contribution in [0.15, 0.2) is 0 Å². The highest BCUT2D eigenvalue weighted by molar-refractivity contribution is 4.63. The van der Waals surface area contributed by atoms with Gasteiger partial charge < -0.3 is 9.84 Å². The van der Waals surface area contributed by atoms with E-state index in [1.165, 1.54) is 0 Å². The molecule has 0 bridgehead atoms. The van der Waals surface area contributed by atoms with Crippen molar-refractivity contribution in [3.8, 4) is 0 Å². The van der Waals surface area contributed by atoms with Gasteiger partial charge in [-0.15, -0.1) is 0 Å². The van der Waals surface area contributed by atoms with Crippen LogP contribution >= 0.6 is 0 Å². The molecule has 0 aromatic carbocycles. The molecule has 1 heterocycles. The third-order valence-electron chi connectivity index (χ3n) is 1.63. The molecule has 1 aliphatic rings. The molecule has 0 aromatic heterocycles. The Hall–Kier alpha value is -0.120. The van der Waals surface area contributed by atoms with E-state index in [0.29, 0.717) is 0 Å². The monoisotopic (exact) mass is 145 g/mol. The molecule has 10 heavy (non-hydrogen) atoms. The first-order valence-corrected chi connectivity index (χ1v) is 3.77. The van der Waals surface area contributed by atoms with Gasteiger partial charge in [0.2, 0.25) is 0 Å². The van der Waals surface area contributed by atoms with Gasteiger partial charge in [0.25, 0.3) is 0 Å². The Kier molecular flexibility index (Phi) is 3.12. The van der Waals surface area contributed by atoms with Gasteiger partial charge in [0, 0.05) is 19.6 Å². The number of morpholine rings is 1. The predicted molar refractivity (Wildman–Crippen MR) is 38.9 cm³/mol. The first kappa shape index (κ1) is 7.98. The fourth-order valence-corrected chi connectivity index (χ4v) is 1.16. The minimum Gasteiger partial charge on any atom is -0.392 e. The Bertz CT molecular complexity index is 89.6. The molecule has 1 saturated heterocycles. The first-order chi connectivity index (χ1) is 4.79. The maximum Gasteiger partial charge on any atom is 0.0639 e. The Balaban J connectivity index is 2.13. The van der Waals surface area contributed by atoms with Crippen molar-refractivity contribution < 1.29 is 9.84 Å². The number of β-amino-alcohol motifs (C(OH)–C–C–N with tert-alkyl or cyclic N) is 1. The SMILES string of the molecule is C[C@H](O)CN1CCOCC1. The van der Waals surface area contributed by atoms with E-state index in [4.69, 9.17) is 9.84 Å². The van der Waals surface area contributed by atoms with Crippen molar-refractivity contribution in [1.29, 1.82) is 0 Å². The molecule has 1 aliphatic heterocycles. The molecule has 3 heteroatoms. The minimum atomic E-state index is -0.210. The van der Waals surface area contributed by atoms with Crippen LogP contribution in [0.5, 0.6) is 0 Å². The van der Waals surface area contributed by atoms with Gasteiger partial charge in [-0.3, -0.25) is 4.90 Å². The molecular weight excluding hydrogens is 130 g/mol. The van der Waals surface area contributed by atoms with Gasteiger partial charge in [0.15, 0.2) is 0 Å². The van der Waals surface area contributed by atoms with Gasteiger partial charge in [0.05, 0.1) is 19.3 Å². The summed E-state index contributed by atoms with van der Waals surface area (Å²) in [6.07, 6.45) is -0.210. The highest BCUT2D eigenvalue weighted by Gasteiger charge is 2.11. The standard InChI is InChI=1S/C7H15NO2/c1-7(9)6-8-2-4-10-5-3-8/h7,9H,2-6H2,1H3/t7-/m0/s1. The van der Waals surface area contributed by atoms with Crippen LogP contribution in [0.25, 0.3) is 0 Å². The van der Waals surface area contributed by atoms with Gasteiger partial charge in [-0.2, -0.15) is 0 Å². The molecule has 1 rings (SSSR count). The Labute approximate surface area is 61.6 Å². The summed E-state index contributed by atoms with van der Waals surface area (Å²) in [6.45, 7) is 6.15. The van der Waals surface area contributed by atoms with Gasteiger partial charge >= 0.3 is 0 Å². The molecule has 0 radical (unpaired) electrons. The van der Waals surface area contributed by atoms with E-state index in [1.807, 2.05) is 6.92 Å². The summed E-state index contributed by atoms with van der Waals surface area (Å²) in [5.74, 6) is 0. The zero-order chi connectivity index (χ0) is 7.40. The predicted octanol–water partition coefficient (Wildman–Crippen LogP) is -0.301. The zero-order valence-electron chi connectivity index (χ0n) is 6.42. The fraction of sp³-hybridized carbons (Fsp3) is 1.00. The molecule has 1 N–H and O–H groups in total. The summed E-state index contributed by atoms with van der Waals surface area (Å²) < 4.78 is 5.16. The van der Waals surface area contributed by atoms with Crippen molar-refractivity contribution in [2.45, 2.75) is 13.0 Å². The summed E-state index contributed by atoms with van der Waals surface area (Å²) in [5, 5.41) is 9.02. The lowest BCUT2D eigenvalue weighted by Gasteiger charge is -2.27. The van der Waals surface area contributed by atoms with Crippen LogP contribution in [0.3, 0.4) is 0 Å². The minimum absolute atomic E-state index is 0.210. The molecule has 0 aliphatic carbocycles. The van der Waals surface area contributed by atoms with Crippen LogP contribution in [0, 0.1) is 0 Å². The first-order valence-electron chi connectivity index (χ1n) is 3.77. The van der Waals surface area contributed by atoms with E-state index in [0.717, 1.165) is 32.8 Å². The second-order valence-electron chi connectivity index (χ2n) is 2.76. The maximum absolute atomic E-state index is 9.02. The average Bonchev–Trinajstić information content (AvgIpc) is 1.88. The number of nitrogens with zero attached hydrogens (tertiary/aromatic N) is 1. The molecule has 0 saturated carbocycles. The highest BCUT2D eigenvalue weighted by Crippen LogP contribution is 1.97. The van der Waals surface area contributed by atoms with Crippen molar-refractivity contribution in [2.75, 3.05) is 32.8 Å². The van der Waals surface area contributed by atoms with Crippen LogP contribution in [0.1, 0.15) is 6.92 Å². The van der Waals surface area contributed by atoms with Crippen molar-refractivity contribution in [1.82, 2.24) is 4.90 Å². The van der Waals surface area contributed by atoms with Crippen molar-refractivity contribution in [3.63, 3.8) is 0 Å². The van der Waals surface area contributed by atoms with E-state index >= 15 is 0 Å². The second kappa shape index (κ2) is 3.91. The summed E-state index contributed by atoms with van der Waals surface area (Å²) in [7, 11) is 0. The lowest BCUT2D eigenvalue weighted by Crippen LogP contribution is -2.40. The smallest absolute Gasteiger partial charge is 0.0639 e. The highest BCUT2D eigenvalue weighted by atomic mass is 16.5. The van der Waals surface area contributed by atoms with Crippen LogP contribution in [0.2, 0.25) is 0 Å². The molecule has 0 aromatic rings. The van der Waals surface area contributed by atoms with Gasteiger partial charge in [-0.05, 0) is 6.92 Å². The quantitative estimate of drug-likeness (QED) is 0.579. The Morgan fingerprint density at radius 3 is 2.60 bits per heavy atom. The number of rotatable bonds is 2. The number of aliphatic hydroxyl groups is 1. The maximum atomic E-state index is 9.02. The fourth-order valence-electron chi connectivity index (χ4n) is 1.16. The third kappa shape index (κ3) is 2.64.